The molecule has 5 nitrogen and oxygen atoms in total. The van der Waals surface area contributed by atoms with Crippen molar-refractivity contribution < 1.29 is 9.21 Å². The fourth-order valence-corrected chi connectivity index (χ4v) is 1.71. The van der Waals surface area contributed by atoms with E-state index in [9.17, 15) is 9.59 Å². The minimum absolute atomic E-state index is 0.0333. The summed E-state index contributed by atoms with van der Waals surface area (Å²) in [6.07, 6.45) is 1.09. The lowest BCUT2D eigenvalue weighted by molar-refractivity contribution is 0.0981. The number of hydrogen-bond donors (Lipinski definition) is 1. The molecule has 0 radical (unpaired) electrons. The lowest BCUT2D eigenvalue weighted by atomic mass is 10.1. The third-order valence-electron chi connectivity index (χ3n) is 2.72. The zero-order chi connectivity index (χ0) is 12.4. The Balaban J connectivity index is 2.40. The molecular formula is C12H14N2O3. The Bertz CT molecular complexity index is 610. The van der Waals surface area contributed by atoms with Crippen molar-refractivity contribution in [3.63, 3.8) is 0 Å². The quantitative estimate of drug-likeness (QED) is 0.802. The van der Waals surface area contributed by atoms with Crippen LogP contribution in [0, 0.1) is 0 Å². The molecule has 2 rings (SSSR count). The molecule has 0 aliphatic carbocycles. The molecule has 90 valence electrons. The normalized spacial score (nSPS) is 10.9. The van der Waals surface area contributed by atoms with Crippen LogP contribution in [-0.4, -0.2) is 16.9 Å². The standard InChI is InChI=1S/C12H14N2O3/c1-14-9-7-8(10(15)3-2-6-13)4-5-11(9)17-12(14)16/h4-5,7H,2-3,6,13H2,1H3. The molecule has 0 saturated carbocycles. The second kappa shape index (κ2) is 4.55. The molecule has 0 saturated heterocycles. The van der Waals surface area contributed by atoms with E-state index < -0.39 is 5.76 Å². The number of Topliss-reactive ketones (excluding diaryl/α,β-unsaturated/α-hetero) is 1. The Morgan fingerprint density at radius 1 is 1.47 bits per heavy atom. The molecule has 0 bridgehead atoms. The number of rotatable bonds is 4. The van der Waals surface area contributed by atoms with E-state index in [-0.39, 0.29) is 5.78 Å². The molecule has 2 N–H and O–H groups in total. The monoisotopic (exact) mass is 234 g/mol. The van der Waals surface area contributed by atoms with Crippen LogP contribution < -0.4 is 11.5 Å². The Labute approximate surface area is 97.8 Å². The summed E-state index contributed by atoms with van der Waals surface area (Å²) in [7, 11) is 1.61. The van der Waals surface area contributed by atoms with E-state index >= 15 is 0 Å². The largest absolute Gasteiger partial charge is 0.419 e. The molecule has 2 aromatic rings. The SMILES string of the molecule is Cn1c(=O)oc2ccc(C(=O)CCCN)cc21. The van der Waals surface area contributed by atoms with Gasteiger partial charge in [-0.05, 0) is 31.2 Å². The van der Waals surface area contributed by atoms with Crippen LogP contribution in [0.3, 0.4) is 0 Å². The van der Waals surface area contributed by atoms with Gasteiger partial charge in [-0.3, -0.25) is 9.36 Å². The summed E-state index contributed by atoms with van der Waals surface area (Å²) in [5.74, 6) is -0.391. The highest BCUT2D eigenvalue weighted by atomic mass is 16.4. The van der Waals surface area contributed by atoms with Crippen molar-refractivity contribution in [2.75, 3.05) is 6.54 Å². The third-order valence-corrected chi connectivity index (χ3v) is 2.72. The van der Waals surface area contributed by atoms with Gasteiger partial charge >= 0.3 is 5.76 Å². The number of aromatic nitrogens is 1. The first-order chi connectivity index (χ1) is 8.13. The minimum Gasteiger partial charge on any atom is -0.408 e. The van der Waals surface area contributed by atoms with Crippen LogP contribution in [0.4, 0.5) is 0 Å². The van der Waals surface area contributed by atoms with Crippen LogP contribution in [0.2, 0.25) is 0 Å². The maximum absolute atomic E-state index is 11.8. The molecule has 17 heavy (non-hydrogen) atoms. The minimum atomic E-state index is -0.424. The fraction of sp³-hybridized carbons (Fsp3) is 0.333. The number of carbonyl (C=O) groups excluding carboxylic acids is 1. The number of hydrogen-bond acceptors (Lipinski definition) is 4. The van der Waals surface area contributed by atoms with Gasteiger partial charge in [0.15, 0.2) is 11.4 Å². The molecule has 0 fully saturated rings. The van der Waals surface area contributed by atoms with E-state index in [0.717, 1.165) is 0 Å². The molecule has 1 aromatic heterocycles. The first-order valence-electron chi connectivity index (χ1n) is 5.46. The first-order valence-corrected chi connectivity index (χ1v) is 5.46. The highest BCUT2D eigenvalue weighted by Crippen LogP contribution is 2.15. The maximum atomic E-state index is 11.8. The van der Waals surface area contributed by atoms with Gasteiger partial charge in [0.1, 0.15) is 0 Å². The summed E-state index contributed by atoms with van der Waals surface area (Å²) in [4.78, 5) is 23.1. The van der Waals surface area contributed by atoms with Crippen LogP contribution in [0.15, 0.2) is 27.4 Å². The second-order valence-electron chi connectivity index (χ2n) is 3.92. The van der Waals surface area contributed by atoms with Crippen molar-refractivity contribution in [3.05, 3.63) is 34.3 Å². The summed E-state index contributed by atoms with van der Waals surface area (Å²) >= 11 is 0. The lowest BCUT2D eigenvalue weighted by Gasteiger charge is -2.00. The van der Waals surface area contributed by atoms with Gasteiger partial charge in [0.05, 0.1) is 5.52 Å². The number of benzene rings is 1. The maximum Gasteiger partial charge on any atom is 0.419 e. The summed E-state index contributed by atoms with van der Waals surface area (Å²) < 4.78 is 6.37. The number of carbonyl (C=O) groups is 1. The number of aryl methyl sites for hydroxylation is 1. The molecule has 5 heteroatoms. The van der Waals surface area contributed by atoms with Crippen molar-refractivity contribution in [1.29, 1.82) is 0 Å². The van der Waals surface area contributed by atoms with Crippen molar-refractivity contribution >= 4 is 16.9 Å². The van der Waals surface area contributed by atoms with Gasteiger partial charge in [0.25, 0.3) is 0 Å². The number of ketones is 1. The summed E-state index contributed by atoms with van der Waals surface area (Å²) in [6, 6.07) is 5.00. The average Bonchev–Trinajstić information content (AvgIpc) is 2.62. The zero-order valence-corrected chi connectivity index (χ0v) is 9.60. The highest BCUT2D eigenvalue weighted by molar-refractivity contribution is 5.98. The average molecular weight is 234 g/mol. The van der Waals surface area contributed by atoms with E-state index in [1.54, 1.807) is 25.2 Å². The zero-order valence-electron chi connectivity index (χ0n) is 9.60. The van der Waals surface area contributed by atoms with Crippen molar-refractivity contribution in [3.8, 4) is 0 Å². The van der Waals surface area contributed by atoms with E-state index in [1.165, 1.54) is 4.57 Å². The number of nitrogens with two attached hydrogens (primary N) is 1. The van der Waals surface area contributed by atoms with Gasteiger partial charge in [-0.1, -0.05) is 0 Å². The molecule has 0 aliphatic heterocycles. The Morgan fingerprint density at radius 3 is 2.94 bits per heavy atom. The lowest BCUT2D eigenvalue weighted by Crippen LogP contribution is -2.09. The van der Waals surface area contributed by atoms with E-state index in [1.807, 2.05) is 0 Å². The van der Waals surface area contributed by atoms with Gasteiger partial charge in [-0.2, -0.15) is 0 Å². The molecule has 0 spiro atoms. The Hall–Kier alpha value is -1.88. The molecule has 1 aromatic carbocycles. The summed E-state index contributed by atoms with van der Waals surface area (Å²) in [5, 5.41) is 0. The predicted octanol–water partition coefficient (Wildman–Crippen LogP) is 1.05. The fourth-order valence-electron chi connectivity index (χ4n) is 1.71. The Morgan fingerprint density at radius 2 is 2.24 bits per heavy atom. The van der Waals surface area contributed by atoms with Gasteiger partial charge in [0.2, 0.25) is 0 Å². The van der Waals surface area contributed by atoms with Crippen LogP contribution in [0.1, 0.15) is 23.2 Å². The van der Waals surface area contributed by atoms with E-state index in [4.69, 9.17) is 10.2 Å². The highest BCUT2D eigenvalue weighted by Gasteiger charge is 2.10. The summed E-state index contributed by atoms with van der Waals surface area (Å²) in [6.45, 7) is 0.498. The van der Waals surface area contributed by atoms with Gasteiger partial charge < -0.3 is 10.2 Å². The Kier molecular flexibility index (Phi) is 3.10. The van der Waals surface area contributed by atoms with Crippen molar-refractivity contribution in [2.24, 2.45) is 12.8 Å². The van der Waals surface area contributed by atoms with Crippen LogP contribution in [0.25, 0.3) is 11.1 Å². The first kappa shape index (κ1) is 11.6. The number of nitrogens with zero attached hydrogens (tertiary/aromatic N) is 1. The molecule has 0 aliphatic rings. The van der Waals surface area contributed by atoms with E-state index in [2.05, 4.69) is 0 Å². The molecule has 0 amide bonds. The van der Waals surface area contributed by atoms with Gasteiger partial charge in [-0.25, -0.2) is 4.79 Å². The molecule has 0 atom stereocenters. The third kappa shape index (κ3) is 2.14. The van der Waals surface area contributed by atoms with Crippen LogP contribution >= 0.6 is 0 Å². The number of fused-ring (bicyclic) bond motifs is 1. The second-order valence-corrected chi connectivity index (χ2v) is 3.92. The summed E-state index contributed by atoms with van der Waals surface area (Å²) in [5.41, 5.74) is 7.07. The van der Waals surface area contributed by atoms with Crippen molar-refractivity contribution in [1.82, 2.24) is 4.57 Å². The van der Waals surface area contributed by atoms with Crippen LogP contribution in [-0.2, 0) is 7.05 Å². The predicted molar refractivity (Wildman–Crippen MR) is 64.1 cm³/mol. The molecule has 0 unspecified atom stereocenters. The van der Waals surface area contributed by atoms with Gasteiger partial charge in [-0.15, -0.1) is 0 Å². The van der Waals surface area contributed by atoms with Crippen LogP contribution in [0.5, 0.6) is 0 Å². The molecular weight excluding hydrogens is 220 g/mol. The van der Waals surface area contributed by atoms with Crippen molar-refractivity contribution in [2.45, 2.75) is 12.8 Å². The van der Waals surface area contributed by atoms with E-state index in [0.29, 0.717) is 36.0 Å². The number of oxazole rings is 1. The smallest absolute Gasteiger partial charge is 0.408 e. The topological polar surface area (TPSA) is 78.2 Å². The van der Waals surface area contributed by atoms with Gasteiger partial charge in [0, 0.05) is 19.0 Å². The molecule has 1 heterocycles.